The molecule has 0 aliphatic carbocycles. The molecule has 0 aliphatic heterocycles. The molecule has 1 heterocycles. The van der Waals surface area contributed by atoms with Crippen LogP contribution in [-0.2, 0) is 0 Å². The smallest absolute Gasteiger partial charge is 0.261 e. The second-order valence-corrected chi connectivity index (χ2v) is 4.90. The van der Waals surface area contributed by atoms with Crippen LogP contribution in [0.25, 0.3) is 0 Å². The van der Waals surface area contributed by atoms with Gasteiger partial charge in [-0.1, -0.05) is 17.7 Å². The molecule has 1 aromatic heterocycles. The minimum absolute atomic E-state index is 0.123. The fourth-order valence-electron chi connectivity index (χ4n) is 2.16. The molecule has 21 heavy (non-hydrogen) atoms. The third-order valence-electron chi connectivity index (χ3n) is 3.33. The van der Waals surface area contributed by atoms with E-state index in [0.29, 0.717) is 17.8 Å². The summed E-state index contributed by atoms with van der Waals surface area (Å²) in [6.07, 6.45) is 1.56. The maximum atomic E-state index is 12.7. The highest BCUT2D eigenvalue weighted by Gasteiger charge is 2.19. The van der Waals surface area contributed by atoms with Gasteiger partial charge in [0.2, 0.25) is 0 Å². The van der Waals surface area contributed by atoms with Crippen LogP contribution in [0.3, 0.4) is 0 Å². The number of carbonyl (C=O) groups excluding carboxylic acids is 1. The van der Waals surface area contributed by atoms with Gasteiger partial charge in [0.1, 0.15) is 0 Å². The number of benzene rings is 1. The lowest BCUT2D eigenvalue weighted by Crippen LogP contribution is -2.31. The van der Waals surface area contributed by atoms with Crippen molar-refractivity contribution in [1.82, 2.24) is 4.98 Å². The lowest BCUT2D eigenvalue weighted by molar-refractivity contribution is 0.0988. The van der Waals surface area contributed by atoms with Crippen LogP contribution in [0.5, 0.6) is 0 Å². The zero-order valence-corrected chi connectivity index (χ0v) is 12.6. The molecule has 1 aromatic carbocycles. The lowest BCUT2D eigenvalue weighted by atomic mass is 10.1. The van der Waals surface area contributed by atoms with Gasteiger partial charge in [0.25, 0.3) is 5.91 Å². The molecule has 110 valence electrons. The molecule has 5 heteroatoms. The van der Waals surface area contributed by atoms with E-state index in [9.17, 15) is 4.79 Å². The van der Waals surface area contributed by atoms with Gasteiger partial charge in [0.05, 0.1) is 11.3 Å². The third kappa shape index (κ3) is 3.20. The number of carbonyl (C=O) groups is 1. The number of hydrazine groups is 1. The monoisotopic (exact) mass is 284 g/mol. The van der Waals surface area contributed by atoms with Crippen LogP contribution in [-0.4, -0.2) is 17.4 Å². The number of nitrogen functional groups attached to an aromatic ring is 1. The number of anilines is 2. The molecule has 0 saturated heterocycles. The Kier molecular flexibility index (Phi) is 4.55. The van der Waals surface area contributed by atoms with Crippen molar-refractivity contribution in [3.8, 4) is 0 Å². The Bertz CT molecular complexity index is 637. The lowest BCUT2D eigenvalue weighted by Gasteiger charge is -2.22. The van der Waals surface area contributed by atoms with E-state index in [1.165, 1.54) is 0 Å². The van der Waals surface area contributed by atoms with Gasteiger partial charge in [-0.3, -0.25) is 15.6 Å². The van der Waals surface area contributed by atoms with Crippen LogP contribution in [0, 0.1) is 13.8 Å². The van der Waals surface area contributed by atoms with E-state index in [1.807, 2.05) is 45.0 Å². The van der Waals surface area contributed by atoms with Gasteiger partial charge in [-0.2, -0.15) is 0 Å². The third-order valence-corrected chi connectivity index (χ3v) is 3.33. The van der Waals surface area contributed by atoms with Crippen LogP contribution in [0.15, 0.2) is 36.5 Å². The predicted octanol–water partition coefficient (Wildman–Crippen LogP) is 2.65. The Morgan fingerprint density at radius 2 is 1.95 bits per heavy atom. The topological polar surface area (TPSA) is 71.2 Å². The number of nitrogens with zero attached hydrogens (tertiary/aromatic N) is 2. The highest BCUT2D eigenvalue weighted by atomic mass is 16.2. The molecule has 0 unspecified atom stereocenters. The highest BCUT2D eigenvalue weighted by Crippen LogP contribution is 2.21. The van der Waals surface area contributed by atoms with Crippen LogP contribution >= 0.6 is 0 Å². The molecular formula is C16H20N4O. The van der Waals surface area contributed by atoms with Crippen molar-refractivity contribution in [2.24, 2.45) is 5.84 Å². The first-order valence-electron chi connectivity index (χ1n) is 6.88. The summed E-state index contributed by atoms with van der Waals surface area (Å²) in [7, 11) is 0. The number of aryl methyl sites for hydroxylation is 2. The molecule has 0 aliphatic rings. The SMILES string of the molecule is CCN(C(=O)c1cnc(C)cc1NN)c1ccc(C)cc1. The second kappa shape index (κ2) is 6.37. The Morgan fingerprint density at radius 3 is 2.52 bits per heavy atom. The van der Waals surface area contributed by atoms with Gasteiger partial charge < -0.3 is 10.3 Å². The van der Waals surface area contributed by atoms with Gasteiger partial charge in [-0.15, -0.1) is 0 Å². The summed E-state index contributed by atoms with van der Waals surface area (Å²) >= 11 is 0. The van der Waals surface area contributed by atoms with Crippen molar-refractivity contribution in [3.63, 3.8) is 0 Å². The maximum Gasteiger partial charge on any atom is 0.261 e. The normalized spacial score (nSPS) is 10.3. The molecule has 0 atom stereocenters. The minimum Gasteiger partial charge on any atom is -0.323 e. The van der Waals surface area contributed by atoms with Crippen molar-refractivity contribution < 1.29 is 4.79 Å². The molecule has 3 N–H and O–H groups in total. The van der Waals surface area contributed by atoms with Crippen LogP contribution in [0.2, 0.25) is 0 Å². The van der Waals surface area contributed by atoms with E-state index in [4.69, 9.17) is 5.84 Å². The number of hydrogen-bond acceptors (Lipinski definition) is 4. The van der Waals surface area contributed by atoms with E-state index in [0.717, 1.165) is 16.9 Å². The van der Waals surface area contributed by atoms with Crippen LogP contribution in [0.4, 0.5) is 11.4 Å². The average molecular weight is 284 g/mol. The first-order valence-corrected chi connectivity index (χ1v) is 6.88. The van der Waals surface area contributed by atoms with Gasteiger partial charge in [-0.05, 0) is 39.0 Å². The Hall–Kier alpha value is -2.40. The van der Waals surface area contributed by atoms with E-state index in [1.54, 1.807) is 17.2 Å². The Morgan fingerprint density at radius 1 is 1.29 bits per heavy atom. The number of rotatable bonds is 4. The fourth-order valence-corrected chi connectivity index (χ4v) is 2.16. The van der Waals surface area contributed by atoms with Gasteiger partial charge >= 0.3 is 0 Å². The van der Waals surface area contributed by atoms with Crippen molar-refractivity contribution in [3.05, 3.63) is 53.3 Å². The molecule has 2 aromatic rings. The molecule has 2 rings (SSSR count). The van der Waals surface area contributed by atoms with Crippen molar-refractivity contribution in [2.45, 2.75) is 20.8 Å². The summed E-state index contributed by atoms with van der Waals surface area (Å²) in [6, 6.07) is 9.61. The van der Waals surface area contributed by atoms with Crippen molar-refractivity contribution in [1.29, 1.82) is 0 Å². The molecule has 0 radical (unpaired) electrons. The van der Waals surface area contributed by atoms with E-state index in [2.05, 4.69) is 10.4 Å². The van der Waals surface area contributed by atoms with Crippen LogP contribution < -0.4 is 16.2 Å². The molecule has 5 nitrogen and oxygen atoms in total. The summed E-state index contributed by atoms with van der Waals surface area (Å²) in [6.45, 7) is 6.38. The molecule has 0 spiro atoms. The largest absolute Gasteiger partial charge is 0.323 e. The fraction of sp³-hybridized carbons (Fsp3) is 0.250. The highest BCUT2D eigenvalue weighted by molar-refractivity contribution is 6.09. The zero-order chi connectivity index (χ0) is 15.4. The van der Waals surface area contributed by atoms with Crippen molar-refractivity contribution >= 4 is 17.3 Å². The molecule has 0 bridgehead atoms. The quantitative estimate of drug-likeness (QED) is 0.669. The molecule has 0 saturated carbocycles. The molecule has 1 amide bonds. The number of nitrogens with two attached hydrogens (primary N) is 1. The number of nitrogens with one attached hydrogen (secondary N) is 1. The summed E-state index contributed by atoms with van der Waals surface area (Å²) in [5.41, 5.74) is 6.43. The zero-order valence-electron chi connectivity index (χ0n) is 12.6. The van der Waals surface area contributed by atoms with Crippen LogP contribution in [0.1, 0.15) is 28.5 Å². The predicted molar refractivity (Wildman–Crippen MR) is 85.3 cm³/mol. The maximum absolute atomic E-state index is 12.7. The summed E-state index contributed by atoms with van der Waals surface area (Å²) in [5.74, 6) is 5.39. The second-order valence-electron chi connectivity index (χ2n) is 4.90. The van der Waals surface area contributed by atoms with Gasteiger partial charge in [0, 0.05) is 24.1 Å². The van der Waals surface area contributed by atoms with Crippen molar-refractivity contribution in [2.75, 3.05) is 16.9 Å². The van der Waals surface area contributed by atoms with Gasteiger partial charge in [-0.25, -0.2) is 0 Å². The minimum atomic E-state index is -0.123. The first kappa shape index (κ1) is 15.0. The molecule has 0 fully saturated rings. The standard InChI is InChI=1S/C16H20N4O/c1-4-20(13-7-5-11(2)6-8-13)16(21)14-10-18-12(3)9-15(14)19-17/h5-10H,4,17H2,1-3H3,(H,18,19). The average Bonchev–Trinajstić information content (AvgIpc) is 2.49. The summed E-state index contributed by atoms with van der Waals surface area (Å²) in [5, 5.41) is 0. The number of hydrogen-bond donors (Lipinski definition) is 2. The first-order chi connectivity index (χ1) is 10.1. The Balaban J connectivity index is 2.39. The van der Waals surface area contributed by atoms with E-state index in [-0.39, 0.29) is 5.91 Å². The summed E-state index contributed by atoms with van der Waals surface area (Å²) in [4.78, 5) is 18.6. The van der Waals surface area contributed by atoms with E-state index < -0.39 is 0 Å². The number of amides is 1. The molecular weight excluding hydrogens is 264 g/mol. The summed E-state index contributed by atoms with van der Waals surface area (Å²) < 4.78 is 0. The number of pyridine rings is 1. The van der Waals surface area contributed by atoms with Gasteiger partial charge in [0.15, 0.2) is 0 Å². The Labute approximate surface area is 124 Å². The number of aromatic nitrogens is 1. The van der Waals surface area contributed by atoms with E-state index >= 15 is 0 Å².